The third-order valence-electron chi connectivity index (χ3n) is 2.09. The molecule has 2 unspecified atom stereocenters. The molecular formula is C6H18OSi3. The van der Waals surface area contributed by atoms with Crippen molar-refractivity contribution in [3.63, 3.8) is 0 Å². The first kappa shape index (κ1) is 8.70. The lowest BCUT2D eigenvalue weighted by molar-refractivity contribution is 0.238. The zero-order valence-corrected chi connectivity index (χ0v) is 11.0. The lowest BCUT2D eigenvalue weighted by Crippen LogP contribution is -2.53. The fourth-order valence-electron chi connectivity index (χ4n) is 2.13. The summed E-state index contributed by atoms with van der Waals surface area (Å²) in [5.74, 6) is 0. The zero-order valence-electron chi connectivity index (χ0n) is 7.48. The Morgan fingerprint density at radius 3 is 2.60 bits per heavy atom. The molecule has 0 bridgehead atoms. The van der Waals surface area contributed by atoms with Crippen LogP contribution >= 0.6 is 0 Å². The number of hydrogen-bond donors (Lipinski definition) is 0. The van der Waals surface area contributed by atoms with Gasteiger partial charge in [-0.15, -0.1) is 0 Å². The van der Waals surface area contributed by atoms with E-state index in [1.54, 1.807) is 0 Å². The molecule has 1 rings (SSSR count). The van der Waals surface area contributed by atoms with Crippen molar-refractivity contribution < 1.29 is 4.43 Å². The van der Waals surface area contributed by atoms with Crippen molar-refractivity contribution in [2.24, 2.45) is 0 Å². The Morgan fingerprint density at radius 1 is 1.60 bits per heavy atom. The monoisotopic (exact) mass is 190 g/mol. The summed E-state index contributed by atoms with van der Waals surface area (Å²) in [6.45, 7) is 9.63. The standard InChI is InChI=1S/C6H18OSi3/c1-6-5-9(2)8-10(3,4)7-6/h6,9H,5,8H2,1-4H3. The first-order valence-electron chi connectivity index (χ1n) is 4.17. The van der Waals surface area contributed by atoms with Gasteiger partial charge in [0.2, 0.25) is 0 Å². The van der Waals surface area contributed by atoms with E-state index in [-0.39, 0.29) is 16.9 Å². The van der Waals surface area contributed by atoms with E-state index in [1.807, 2.05) is 0 Å². The largest absolute Gasteiger partial charge is 0.419 e. The summed E-state index contributed by atoms with van der Waals surface area (Å²) in [6, 6.07) is 1.46. The van der Waals surface area contributed by atoms with E-state index in [0.717, 1.165) is 0 Å². The maximum Gasteiger partial charge on any atom is 0.164 e. The average molecular weight is 190 g/mol. The number of hydrogen-bond acceptors (Lipinski definition) is 1. The smallest absolute Gasteiger partial charge is 0.164 e. The summed E-state index contributed by atoms with van der Waals surface area (Å²) in [5.41, 5.74) is 0. The van der Waals surface area contributed by atoms with Gasteiger partial charge < -0.3 is 4.43 Å². The van der Waals surface area contributed by atoms with Crippen LogP contribution in [0.25, 0.3) is 0 Å². The second-order valence-electron chi connectivity index (χ2n) is 4.23. The average Bonchev–Trinajstić information content (AvgIpc) is 1.54. The molecule has 0 radical (unpaired) electrons. The molecule has 60 valence electrons. The van der Waals surface area contributed by atoms with Crippen molar-refractivity contribution in [1.29, 1.82) is 0 Å². The lowest BCUT2D eigenvalue weighted by Gasteiger charge is -2.35. The van der Waals surface area contributed by atoms with Gasteiger partial charge in [-0.3, -0.25) is 0 Å². The Balaban J connectivity index is 2.51. The predicted octanol–water partition coefficient (Wildman–Crippen LogP) is 0.629. The lowest BCUT2D eigenvalue weighted by atomic mass is 10.5. The number of rotatable bonds is 0. The van der Waals surface area contributed by atoms with Crippen LogP contribution < -0.4 is 0 Å². The molecule has 0 aromatic carbocycles. The third-order valence-corrected chi connectivity index (χ3v) is 27.9. The van der Waals surface area contributed by atoms with Crippen LogP contribution in [0.15, 0.2) is 0 Å². The molecule has 4 heteroatoms. The summed E-state index contributed by atoms with van der Waals surface area (Å²) < 4.78 is 5.98. The summed E-state index contributed by atoms with van der Waals surface area (Å²) in [5, 5.41) is 0. The third kappa shape index (κ3) is 2.34. The fraction of sp³-hybridized carbons (Fsp3) is 1.00. The first-order chi connectivity index (χ1) is 4.49. The highest BCUT2D eigenvalue weighted by Gasteiger charge is 2.33. The Labute approximate surface area is 68.3 Å². The predicted molar refractivity (Wildman–Crippen MR) is 54.4 cm³/mol. The van der Waals surface area contributed by atoms with Crippen LogP contribution in [0, 0.1) is 0 Å². The van der Waals surface area contributed by atoms with Gasteiger partial charge in [-0.05, 0) is 26.1 Å². The zero-order chi connectivity index (χ0) is 7.78. The molecule has 0 saturated carbocycles. The van der Waals surface area contributed by atoms with Crippen LogP contribution in [-0.4, -0.2) is 30.8 Å². The molecule has 1 heterocycles. The van der Waals surface area contributed by atoms with Crippen molar-refractivity contribution in [2.75, 3.05) is 0 Å². The Kier molecular flexibility index (Phi) is 2.55. The maximum atomic E-state index is 5.98. The molecule has 1 aliphatic rings. The van der Waals surface area contributed by atoms with Crippen molar-refractivity contribution in [2.45, 2.75) is 38.7 Å². The molecule has 0 aromatic rings. The van der Waals surface area contributed by atoms with Crippen LogP contribution in [0.4, 0.5) is 0 Å². The van der Waals surface area contributed by atoms with Crippen LogP contribution in [0.1, 0.15) is 6.92 Å². The molecule has 1 aliphatic heterocycles. The van der Waals surface area contributed by atoms with Crippen molar-refractivity contribution in [3.8, 4) is 0 Å². The van der Waals surface area contributed by atoms with E-state index in [2.05, 4.69) is 26.6 Å². The highest BCUT2D eigenvalue weighted by atomic mass is 29.6. The SMILES string of the molecule is CC1C[SiH](C)[SiH2][Si](C)(C)O1. The van der Waals surface area contributed by atoms with Gasteiger partial charge in [0, 0.05) is 23.0 Å². The minimum absolute atomic E-state index is 0.202. The molecule has 0 amide bonds. The summed E-state index contributed by atoms with van der Waals surface area (Å²) >= 11 is 0. The quantitative estimate of drug-likeness (QED) is 0.509. The van der Waals surface area contributed by atoms with Crippen LogP contribution in [0.5, 0.6) is 0 Å². The molecule has 0 aromatic heterocycles. The van der Waals surface area contributed by atoms with Gasteiger partial charge >= 0.3 is 0 Å². The van der Waals surface area contributed by atoms with E-state index in [4.69, 9.17) is 4.43 Å². The van der Waals surface area contributed by atoms with E-state index < -0.39 is 7.83 Å². The van der Waals surface area contributed by atoms with Crippen molar-refractivity contribution in [3.05, 3.63) is 0 Å². The van der Waals surface area contributed by atoms with Gasteiger partial charge in [0.05, 0.1) is 0 Å². The van der Waals surface area contributed by atoms with E-state index in [1.165, 1.54) is 6.04 Å². The fourth-order valence-corrected chi connectivity index (χ4v) is 32.2. The van der Waals surface area contributed by atoms with Gasteiger partial charge in [0.1, 0.15) is 0 Å². The second kappa shape index (κ2) is 2.92. The van der Waals surface area contributed by atoms with E-state index >= 15 is 0 Å². The highest BCUT2D eigenvalue weighted by Crippen LogP contribution is 2.18. The Hall–Kier alpha value is 0.611. The van der Waals surface area contributed by atoms with Gasteiger partial charge in [-0.25, -0.2) is 0 Å². The normalized spacial score (nSPS) is 42.0. The molecule has 1 nitrogen and oxygen atoms in total. The van der Waals surface area contributed by atoms with E-state index in [0.29, 0.717) is 6.10 Å². The topological polar surface area (TPSA) is 9.23 Å². The van der Waals surface area contributed by atoms with Gasteiger partial charge in [-0.1, -0.05) is 6.55 Å². The van der Waals surface area contributed by atoms with Crippen LogP contribution in [-0.2, 0) is 4.43 Å². The molecule has 0 aliphatic carbocycles. The van der Waals surface area contributed by atoms with Crippen molar-refractivity contribution in [1.82, 2.24) is 0 Å². The first-order valence-corrected chi connectivity index (χ1v) is 14.6. The molecule has 0 spiro atoms. The highest BCUT2D eigenvalue weighted by molar-refractivity contribution is 7.45. The minimum atomic E-state index is -1.02. The molecule has 10 heavy (non-hydrogen) atoms. The van der Waals surface area contributed by atoms with Crippen molar-refractivity contribution >= 4 is 24.7 Å². The minimum Gasteiger partial charge on any atom is -0.419 e. The molecule has 0 N–H and O–H groups in total. The molecule has 1 saturated heterocycles. The van der Waals surface area contributed by atoms with Crippen LogP contribution in [0.2, 0.25) is 25.7 Å². The van der Waals surface area contributed by atoms with E-state index in [9.17, 15) is 0 Å². The maximum absolute atomic E-state index is 5.98. The summed E-state index contributed by atoms with van der Waals surface area (Å²) in [6.07, 6.45) is 0.615. The molecule has 2 atom stereocenters. The summed E-state index contributed by atoms with van der Waals surface area (Å²) in [4.78, 5) is 0. The molecule has 1 fully saturated rings. The second-order valence-corrected chi connectivity index (χ2v) is 25.3. The Bertz CT molecular complexity index is 114. The van der Waals surface area contributed by atoms with Gasteiger partial charge in [0.15, 0.2) is 7.83 Å². The molecular weight excluding hydrogens is 172 g/mol. The van der Waals surface area contributed by atoms with Gasteiger partial charge in [-0.2, -0.15) is 0 Å². The Morgan fingerprint density at radius 2 is 2.20 bits per heavy atom. The van der Waals surface area contributed by atoms with Crippen LogP contribution in [0.3, 0.4) is 0 Å². The van der Waals surface area contributed by atoms with Gasteiger partial charge in [0.25, 0.3) is 0 Å². The summed E-state index contributed by atoms with van der Waals surface area (Å²) in [7, 11) is -0.933.